The second kappa shape index (κ2) is 10.7. The van der Waals surface area contributed by atoms with Crippen molar-refractivity contribution in [2.45, 2.75) is 58.2 Å². The van der Waals surface area contributed by atoms with Crippen LogP contribution in [0.1, 0.15) is 55.5 Å². The molecule has 0 spiro atoms. The van der Waals surface area contributed by atoms with Crippen molar-refractivity contribution in [1.29, 1.82) is 0 Å². The van der Waals surface area contributed by atoms with Crippen LogP contribution in [-0.2, 0) is 17.4 Å². The summed E-state index contributed by atoms with van der Waals surface area (Å²) in [5, 5.41) is 3.45. The Kier molecular flexibility index (Phi) is 7.76. The Balaban J connectivity index is 1.52. The van der Waals surface area contributed by atoms with E-state index in [2.05, 4.69) is 25.3 Å². The lowest BCUT2D eigenvalue weighted by molar-refractivity contribution is -0.138. The van der Waals surface area contributed by atoms with Crippen LogP contribution >= 0.6 is 0 Å². The number of nitrogens with zero attached hydrogens (tertiary/aromatic N) is 5. The maximum atomic E-state index is 14.5. The van der Waals surface area contributed by atoms with Gasteiger partial charge in [-0.25, -0.2) is 24.3 Å². The Labute approximate surface area is 223 Å². The molecule has 0 saturated carbocycles. The lowest BCUT2D eigenvalue weighted by Crippen LogP contribution is -2.51. The maximum absolute atomic E-state index is 14.5. The highest BCUT2D eigenvalue weighted by atomic mass is 19.4. The van der Waals surface area contributed by atoms with Crippen molar-refractivity contribution in [3.63, 3.8) is 0 Å². The van der Waals surface area contributed by atoms with Gasteiger partial charge in [-0.15, -0.1) is 0 Å². The number of hydrogen-bond acceptors (Lipinski definition) is 7. The van der Waals surface area contributed by atoms with E-state index >= 15 is 0 Å². The second-order valence-corrected chi connectivity index (χ2v) is 9.93. The van der Waals surface area contributed by atoms with Gasteiger partial charge in [-0.05, 0) is 52.2 Å². The fourth-order valence-electron chi connectivity index (χ4n) is 4.71. The van der Waals surface area contributed by atoms with Crippen LogP contribution in [0.25, 0.3) is 11.4 Å². The number of amides is 1. The number of hydrogen-bond donors (Lipinski definition) is 1. The average Bonchev–Trinajstić information content (AvgIpc) is 2.90. The quantitative estimate of drug-likeness (QED) is 0.409. The average molecular weight is 547 g/mol. The predicted molar refractivity (Wildman–Crippen MR) is 137 cm³/mol. The minimum Gasteiger partial charge on any atom is -0.481 e. The van der Waals surface area contributed by atoms with Crippen molar-refractivity contribution in [3.8, 4) is 17.3 Å². The summed E-state index contributed by atoms with van der Waals surface area (Å²) in [6.07, 6.45) is -0.650. The van der Waals surface area contributed by atoms with Crippen molar-refractivity contribution in [3.05, 3.63) is 58.9 Å². The van der Waals surface area contributed by atoms with E-state index in [0.717, 1.165) is 24.2 Å². The van der Waals surface area contributed by atoms with Crippen molar-refractivity contribution >= 4 is 11.7 Å². The topological polar surface area (TPSA) is 93.1 Å². The number of aryl methyl sites for hydroxylation is 2. The number of fused-ring (bicyclic) bond motifs is 1. The van der Waals surface area contributed by atoms with Gasteiger partial charge in [-0.2, -0.15) is 13.2 Å². The lowest BCUT2D eigenvalue weighted by Gasteiger charge is -2.40. The normalized spacial score (nSPS) is 17.7. The number of rotatable bonds is 7. The number of methoxy groups -OCH3 is 1. The monoisotopic (exact) mass is 546 g/mol. The first-order chi connectivity index (χ1) is 18.3. The van der Waals surface area contributed by atoms with E-state index in [1.807, 2.05) is 19.9 Å². The largest absolute Gasteiger partial charge is 0.481 e. The number of likely N-dealkylation sites (N-methyl/N-ethyl adjacent to an activating group) is 1. The number of nitrogens with one attached hydrogen (secondary N) is 1. The molecule has 4 rings (SSSR count). The highest BCUT2D eigenvalue weighted by Crippen LogP contribution is 2.35. The summed E-state index contributed by atoms with van der Waals surface area (Å²) >= 11 is 0. The van der Waals surface area contributed by atoms with Gasteiger partial charge in [0.05, 0.1) is 36.0 Å². The molecule has 0 saturated heterocycles. The zero-order valence-electron chi connectivity index (χ0n) is 22.4. The van der Waals surface area contributed by atoms with E-state index in [9.17, 15) is 22.4 Å². The lowest BCUT2D eigenvalue weighted by atomic mass is 9.87. The Morgan fingerprint density at radius 2 is 1.90 bits per heavy atom. The van der Waals surface area contributed by atoms with Gasteiger partial charge in [-0.1, -0.05) is 0 Å². The molecule has 3 aromatic heterocycles. The van der Waals surface area contributed by atoms with Gasteiger partial charge in [0.25, 0.3) is 0 Å². The van der Waals surface area contributed by atoms with Crippen molar-refractivity contribution in [2.24, 2.45) is 0 Å². The Hall–Kier alpha value is -3.83. The molecular weight excluding hydrogens is 516 g/mol. The Morgan fingerprint density at radius 1 is 1.21 bits per heavy atom. The number of halogens is 4. The minimum atomic E-state index is -4.51. The van der Waals surface area contributed by atoms with Gasteiger partial charge in [0, 0.05) is 42.7 Å². The number of carbonyl (C=O) groups is 1. The van der Waals surface area contributed by atoms with Gasteiger partial charge >= 0.3 is 6.18 Å². The molecule has 39 heavy (non-hydrogen) atoms. The SMILES string of the molecule is CCN(C[C@@]1(C)CCc2cc(-c3ncc(C(F)(F)F)cn3)c(C)nc2N1)C(=O)[C@H](C)c1cc(OC)ncc1F. The molecule has 0 fully saturated rings. The van der Waals surface area contributed by atoms with Crippen LogP contribution in [-0.4, -0.2) is 56.5 Å². The third-order valence-electron chi connectivity index (χ3n) is 7.02. The van der Waals surface area contributed by atoms with Crippen molar-refractivity contribution in [1.82, 2.24) is 24.8 Å². The molecule has 4 heterocycles. The molecule has 0 radical (unpaired) electrons. The van der Waals surface area contributed by atoms with Gasteiger partial charge < -0.3 is 15.0 Å². The van der Waals surface area contributed by atoms with E-state index in [4.69, 9.17) is 4.74 Å². The predicted octanol–water partition coefficient (Wildman–Crippen LogP) is 5.18. The molecule has 1 amide bonds. The molecule has 208 valence electrons. The number of pyridine rings is 2. The molecule has 1 N–H and O–H groups in total. The molecule has 12 heteroatoms. The summed E-state index contributed by atoms with van der Waals surface area (Å²) < 4.78 is 58.3. The van der Waals surface area contributed by atoms with Gasteiger partial charge in [-0.3, -0.25) is 4.79 Å². The van der Waals surface area contributed by atoms with Crippen LogP contribution in [0.15, 0.2) is 30.7 Å². The fourth-order valence-corrected chi connectivity index (χ4v) is 4.71. The van der Waals surface area contributed by atoms with Crippen molar-refractivity contribution in [2.75, 3.05) is 25.5 Å². The molecule has 8 nitrogen and oxygen atoms in total. The van der Waals surface area contributed by atoms with Crippen LogP contribution in [0, 0.1) is 12.7 Å². The van der Waals surface area contributed by atoms with Crippen LogP contribution in [0.2, 0.25) is 0 Å². The Bertz CT molecular complexity index is 1370. The highest BCUT2D eigenvalue weighted by Gasteiger charge is 2.36. The van der Waals surface area contributed by atoms with Crippen LogP contribution in [0.5, 0.6) is 5.88 Å². The standard InChI is InChI=1S/C27H30F4N6O2/c1-6-37(25(38)15(2)19-10-22(39-5)32-13-21(19)28)14-26(4)8-7-17-9-20(16(3)35-23(17)36-26)24-33-11-18(12-34-24)27(29,30)31/h9-13,15H,6-8,14H2,1-5H3,(H,35,36)/t15-,26-/m1/s1. The molecule has 1 aliphatic heterocycles. The molecule has 1 aliphatic rings. The fraction of sp³-hybridized carbons (Fsp3) is 0.444. The summed E-state index contributed by atoms with van der Waals surface area (Å²) in [6, 6.07) is 3.28. The van der Waals surface area contributed by atoms with Gasteiger partial charge in [0.1, 0.15) is 11.6 Å². The molecule has 0 aromatic carbocycles. The highest BCUT2D eigenvalue weighted by molar-refractivity contribution is 5.83. The first-order valence-corrected chi connectivity index (χ1v) is 12.5. The number of carbonyl (C=O) groups excluding carboxylic acids is 1. The second-order valence-electron chi connectivity index (χ2n) is 9.93. The van der Waals surface area contributed by atoms with Crippen molar-refractivity contribution < 1.29 is 27.1 Å². The zero-order valence-corrected chi connectivity index (χ0v) is 22.4. The molecule has 0 bridgehead atoms. The van der Waals surface area contributed by atoms with Gasteiger partial charge in [0.2, 0.25) is 11.8 Å². The van der Waals surface area contributed by atoms with E-state index in [1.165, 1.54) is 13.2 Å². The molecule has 2 atom stereocenters. The Morgan fingerprint density at radius 3 is 2.51 bits per heavy atom. The summed E-state index contributed by atoms with van der Waals surface area (Å²) in [7, 11) is 1.43. The molecule has 0 aliphatic carbocycles. The summed E-state index contributed by atoms with van der Waals surface area (Å²) in [5.41, 5.74) is 0.783. The summed E-state index contributed by atoms with van der Waals surface area (Å²) in [4.78, 5) is 31.4. The number of ether oxygens (including phenoxy) is 1. The zero-order chi connectivity index (χ0) is 28.5. The first kappa shape index (κ1) is 28.2. The van der Waals surface area contributed by atoms with E-state index in [1.54, 1.807) is 18.7 Å². The van der Waals surface area contributed by atoms with Crippen LogP contribution in [0.3, 0.4) is 0 Å². The molecule has 3 aromatic rings. The van der Waals surface area contributed by atoms with Gasteiger partial charge in [0.15, 0.2) is 5.82 Å². The summed E-state index contributed by atoms with van der Waals surface area (Å²) in [6.45, 7) is 8.05. The molecule has 0 unspecified atom stereocenters. The van der Waals surface area contributed by atoms with E-state index < -0.39 is 29.0 Å². The number of alkyl halides is 3. The number of aromatic nitrogens is 4. The maximum Gasteiger partial charge on any atom is 0.419 e. The first-order valence-electron chi connectivity index (χ1n) is 12.5. The number of anilines is 1. The molecular formula is C27H30F4N6O2. The third-order valence-corrected chi connectivity index (χ3v) is 7.02. The van der Waals surface area contributed by atoms with Crippen LogP contribution < -0.4 is 10.1 Å². The minimum absolute atomic E-state index is 0.167. The third kappa shape index (κ3) is 5.94. The van der Waals surface area contributed by atoms with Crippen LogP contribution in [0.4, 0.5) is 23.4 Å². The summed E-state index contributed by atoms with van der Waals surface area (Å²) in [5.74, 6) is -0.505. The van der Waals surface area contributed by atoms with E-state index in [0.29, 0.717) is 43.0 Å². The van der Waals surface area contributed by atoms with E-state index in [-0.39, 0.29) is 23.2 Å². The smallest absolute Gasteiger partial charge is 0.419 e.